The Morgan fingerprint density at radius 2 is 2.14 bits per heavy atom. The molecule has 0 amide bonds. The van der Waals surface area contributed by atoms with Crippen molar-refractivity contribution in [3.05, 3.63) is 29.0 Å². The van der Waals surface area contributed by atoms with Crippen molar-refractivity contribution < 1.29 is 9.13 Å². The van der Waals surface area contributed by atoms with Crippen LogP contribution < -0.4 is 10.1 Å². The van der Waals surface area contributed by atoms with E-state index in [9.17, 15) is 4.39 Å². The Labute approximate surface area is 128 Å². The summed E-state index contributed by atoms with van der Waals surface area (Å²) in [5.74, 6) is 0.494. The highest BCUT2D eigenvalue weighted by Gasteiger charge is 2.10. The molecule has 1 N–H and O–H groups in total. The number of nitrogens with zero attached hydrogens (tertiary/aromatic N) is 2. The van der Waals surface area contributed by atoms with Crippen molar-refractivity contribution in [1.29, 1.82) is 0 Å². The van der Waals surface area contributed by atoms with Gasteiger partial charge in [0.25, 0.3) is 0 Å². The van der Waals surface area contributed by atoms with Gasteiger partial charge in [0.1, 0.15) is 10.0 Å². The predicted octanol–water partition coefficient (Wildman–Crippen LogP) is 3.14. The summed E-state index contributed by atoms with van der Waals surface area (Å²) in [5.41, 5.74) is 0.826. The van der Waals surface area contributed by atoms with Crippen LogP contribution in [0, 0.1) is 11.7 Å². The fourth-order valence-corrected chi connectivity index (χ4v) is 2.69. The van der Waals surface area contributed by atoms with Crippen molar-refractivity contribution in [1.82, 2.24) is 15.5 Å². The average molecular weight is 309 g/mol. The lowest BCUT2D eigenvalue weighted by Gasteiger charge is -2.05. The van der Waals surface area contributed by atoms with Crippen LogP contribution in [0.15, 0.2) is 18.2 Å². The molecule has 0 atom stereocenters. The summed E-state index contributed by atoms with van der Waals surface area (Å²) in [5, 5.41) is 13.5. The van der Waals surface area contributed by atoms with Crippen LogP contribution in [0.2, 0.25) is 0 Å². The van der Waals surface area contributed by atoms with Gasteiger partial charge in [-0.15, -0.1) is 10.2 Å². The molecule has 0 bridgehead atoms. The molecule has 0 radical (unpaired) electrons. The van der Waals surface area contributed by atoms with Crippen molar-refractivity contribution in [2.45, 2.75) is 20.3 Å². The summed E-state index contributed by atoms with van der Waals surface area (Å²) in [6.07, 6.45) is 0.850. The fourth-order valence-electron chi connectivity index (χ4n) is 1.85. The zero-order valence-electron chi connectivity index (χ0n) is 12.5. The van der Waals surface area contributed by atoms with E-state index in [4.69, 9.17) is 4.74 Å². The minimum Gasteiger partial charge on any atom is -0.494 e. The zero-order valence-corrected chi connectivity index (χ0v) is 13.3. The third-order valence-corrected chi connectivity index (χ3v) is 3.97. The van der Waals surface area contributed by atoms with Crippen molar-refractivity contribution in [3.63, 3.8) is 0 Å². The third-order valence-electron chi connectivity index (χ3n) is 2.93. The van der Waals surface area contributed by atoms with E-state index < -0.39 is 0 Å². The minimum absolute atomic E-state index is 0.225. The first kappa shape index (κ1) is 15.9. The second kappa shape index (κ2) is 7.47. The summed E-state index contributed by atoms with van der Waals surface area (Å²) in [7, 11) is 1.45. The first-order chi connectivity index (χ1) is 10.1. The van der Waals surface area contributed by atoms with Crippen LogP contribution in [-0.2, 0) is 6.42 Å². The normalized spacial score (nSPS) is 11.1. The number of halogens is 1. The highest BCUT2D eigenvalue weighted by Crippen LogP contribution is 2.28. The number of ether oxygens (including phenoxy) is 1. The molecule has 0 aliphatic rings. The maximum absolute atomic E-state index is 13.4. The molecular formula is C15H20FN3OS. The van der Waals surface area contributed by atoms with Crippen molar-refractivity contribution in [2.75, 3.05) is 20.2 Å². The van der Waals surface area contributed by atoms with Gasteiger partial charge in [-0.2, -0.15) is 0 Å². The summed E-state index contributed by atoms with van der Waals surface area (Å²) < 4.78 is 18.4. The molecule has 0 saturated heterocycles. The molecule has 4 nitrogen and oxygen atoms in total. The standard InChI is InChI=1S/C15H20FN3OS/c1-10(2)9-17-7-6-14-18-19-15(21-14)11-4-5-12(16)13(8-11)20-3/h4-5,8,10,17H,6-7,9H2,1-3H3. The Balaban J connectivity index is 1.99. The van der Waals surface area contributed by atoms with Gasteiger partial charge in [0.15, 0.2) is 11.6 Å². The largest absolute Gasteiger partial charge is 0.494 e. The lowest BCUT2D eigenvalue weighted by Crippen LogP contribution is -2.22. The Morgan fingerprint density at radius 1 is 1.33 bits per heavy atom. The van der Waals surface area contributed by atoms with Gasteiger partial charge in [-0.05, 0) is 30.7 Å². The highest BCUT2D eigenvalue weighted by atomic mass is 32.1. The lowest BCUT2D eigenvalue weighted by molar-refractivity contribution is 0.387. The smallest absolute Gasteiger partial charge is 0.165 e. The van der Waals surface area contributed by atoms with E-state index in [1.165, 1.54) is 24.5 Å². The molecule has 2 rings (SSSR count). The molecular weight excluding hydrogens is 289 g/mol. The highest BCUT2D eigenvalue weighted by molar-refractivity contribution is 7.14. The van der Waals surface area contributed by atoms with E-state index in [0.717, 1.165) is 35.1 Å². The van der Waals surface area contributed by atoms with E-state index in [1.807, 2.05) is 0 Å². The molecule has 0 aliphatic carbocycles. The Hall–Kier alpha value is -1.53. The molecule has 1 aromatic heterocycles. The quantitative estimate of drug-likeness (QED) is 0.798. The molecule has 0 saturated carbocycles. The SMILES string of the molecule is COc1cc(-c2nnc(CCNCC(C)C)s2)ccc1F. The van der Waals surface area contributed by atoms with Gasteiger partial charge in [0.05, 0.1) is 7.11 Å². The monoisotopic (exact) mass is 309 g/mol. The van der Waals surface area contributed by atoms with Crippen LogP contribution in [0.5, 0.6) is 5.75 Å². The maximum Gasteiger partial charge on any atom is 0.165 e. The van der Waals surface area contributed by atoms with Crippen molar-refractivity contribution in [3.8, 4) is 16.3 Å². The number of aromatic nitrogens is 2. The molecule has 21 heavy (non-hydrogen) atoms. The van der Waals surface area contributed by atoms with Crippen LogP contribution in [0.25, 0.3) is 10.6 Å². The van der Waals surface area contributed by atoms with Crippen LogP contribution in [0.1, 0.15) is 18.9 Å². The van der Waals surface area contributed by atoms with E-state index >= 15 is 0 Å². The molecule has 1 heterocycles. The number of hydrogen-bond acceptors (Lipinski definition) is 5. The summed E-state index contributed by atoms with van der Waals surface area (Å²) in [6.45, 7) is 6.25. The van der Waals surface area contributed by atoms with Gasteiger partial charge in [-0.25, -0.2) is 4.39 Å². The molecule has 6 heteroatoms. The maximum atomic E-state index is 13.4. The van der Waals surface area contributed by atoms with Gasteiger partial charge in [0, 0.05) is 18.5 Å². The first-order valence-electron chi connectivity index (χ1n) is 6.97. The topological polar surface area (TPSA) is 47.0 Å². The summed E-state index contributed by atoms with van der Waals surface area (Å²) in [6, 6.07) is 4.73. The second-order valence-electron chi connectivity index (χ2n) is 5.20. The van der Waals surface area contributed by atoms with E-state index in [-0.39, 0.29) is 11.6 Å². The average Bonchev–Trinajstić information content (AvgIpc) is 2.93. The molecule has 0 unspecified atom stereocenters. The third kappa shape index (κ3) is 4.47. The number of methoxy groups -OCH3 is 1. The minimum atomic E-state index is -0.371. The molecule has 0 spiro atoms. The summed E-state index contributed by atoms with van der Waals surface area (Å²) in [4.78, 5) is 0. The first-order valence-corrected chi connectivity index (χ1v) is 7.78. The van der Waals surface area contributed by atoms with Gasteiger partial charge in [-0.3, -0.25) is 0 Å². The van der Waals surface area contributed by atoms with Gasteiger partial charge < -0.3 is 10.1 Å². The lowest BCUT2D eigenvalue weighted by atomic mass is 10.2. The van der Waals surface area contributed by atoms with Gasteiger partial charge >= 0.3 is 0 Å². The van der Waals surface area contributed by atoms with E-state index in [0.29, 0.717) is 5.92 Å². The Kier molecular flexibility index (Phi) is 5.64. The fraction of sp³-hybridized carbons (Fsp3) is 0.467. The Bertz CT molecular complexity index is 586. The number of rotatable bonds is 7. The van der Waals surface area contributed by atoms with Crippen LogP contribution >= 0.6 is 11.3 Å². The summed E-state index contributed by atoms with van der Waals surface area (Å²) >= 11 is 1.53. The number of hydrogen-bond donors (Lipinski definition) is 1. The van der Waals surface area contributed by atoms with E-state index in [1.54, 1.807) is 12.1 Å². The number of benzene rings is 1. The second-order valence-corrected chi connectivity index (χ2v) is 6.26. The van der Waals surface area contributed by atoms with Crippen LogP contribution in [0.4, 0.5) is 4.39 Å². The molecule has 1 aromatic carbocycles. The number of nitrogens with one attached hydrogen (secondary N) is 1. The van der Waals surface area contributed by atoms with Crippen LogP contribution in [0.3, 0.4) is 0 Å². The van der Waals surface area contributed by atoms with Crippen molar-refractivity contribution in [2.24, 2.45) is 5.92 Å². The Morgan fingerprint density at radius 3 is 2.86 bits per heavy atom. The van der Waals surface area contributed by atoms with Crippen molar-refractivity contribution >= 4 is 11.3 Å². The molecule has 114 valence electrons. The predicted molar refractivity (Wildman–Crippen MR) is 83.3 cm³/mol. The van der Waals surface area contributed by atoms with Gasteiger partial charge in [-0.1, -0.05) is 25.2 Å². The molecule has 2 aromatic rings. The molecule has 0 aliphatic heterocycles. The van der Waals surface area contributed by atoms with Crippen LogP contribution in [-0.4, -0.2) is 30.4 Å². The molecule has 0 fully saturated rings. The van der Waals surface area contributed by atoms with Gasteiger partial charge in [0.2, 0.25) is 0 Å². The zero-order chi connectivity index (χ0) is 15.2. The van der Waals surface area contributed by atoms with E-state index in [2.05, 4.69) is 29.4 Å².